The topological polar surface area (TPSA) is 9.23 Å². The fourth-order valence-electron chi connectivity index (χ4n) is 3.18. The zero-order valence-electron chi connectivity index (χ0n) is 13.7. The number of unbranched alkanes of at least 4 members (excludes halogenated alkanes) is 2. The van der Waals surface area contributed by atoms with Gasteiger partial charge in [-0.25, -0.2) is 0 Å². The van der Waals surface area contributed by atoms with Gasteiger partial charge >= 0.3 is 0 Å². The minimum absolute atomic E-state index is 0.382. The van der Waals surface area contributed by atoms with Crippen LogP contribution in [0.15, 0.2) is 30.3 Å². The Bertz CT molecular complexity index is 329. The van der Waals surface area contributed by atoms with Gasteiger partial charge in [0, 0.05) is 6.61 Å². The molecule has 0 amide bonds. The summed E-state index contributed by atoms with van der Waals surface area (Å²) in [5.74, 6) is 0. The Kier molecular flexibility index (Phi) is 8.87. The fraction of sp³-hybridized carbons (Fsp3) is 0.667. The molecule has 0 atom stereocenters. The summed E-state index contributed by atoms with van der Waals surface area (Å²) in [6.07, 6.45) is 10.4. The Morgan fingerprint density at radius 2 is 1.45 bits per heavy atom. The van der Waals surface area contributed by atoms with Crippen molar-refractivity contribution < 1.29 is 4.43 Å². The number of benzene rings is 1. The summed E-state index contributed by atoms with van der Waals surface area (Å²) < 4.78 is 5.42. The lowest BCUT2D eigenvalue weighted by atomic mass is 9.70. The van der Waals surface area contributed by atoms with Crippen LogP contribution in [0.25, 0.3) is 0 Å². The minimum Gasteiger partial charge on any atom is -0.428 e. The van der Waals surface area contributed by atoms with Crippen molar-refractivity contribution >= 4 is 10.5 Å². The summed E-state index contributed by atoms with van der Waals surface area (Å²) in [4.78, 5) is 0. The first-order valence-electron chi connectivity index (χ1n) is 8.33. The second-order valence-corrected chi connectivity index (χ2v) is 6.53. The van der Waals surface area contributed by atoms with Crippen molar-refractivity contribution in [1.29, 1.82) is 0 Å². The molecule has 0 saturated carbocycles. The smallest absolute Gasteiger partial charge is 0.145 e. The van der Waals surface area contributed by atoms with E-state index in [1.165, 1.54) is 51.4 Å². The van der Waals surface area contributed by atoms with Gasteiger partial charge in [0.05, 0.1) is 0 Å². The molecule has 0 heterocycles. The number of rotatable bonds is 11. The Balaban J connectivity index is 2.90. The fourth-order valence-corrected chi connectivity index (χ4v) is 3.47. The molecule has 114 valence electrons. The lowest BCUT2D eigenvalue weighted by Gasteiger charge is -2.35. The van der Waals surface area contributed by atoms with Gasteiger partial charge in [-0.3, -0.25) is 0 Å². The first-order valence-corrected chi connectivity index (χ1v) is 9.15. The van der Waals surface area contributed by atoms with Gasteiger partial charge in [0.1, 0.15) is 10.5 Å². The van der Waals surface area contributed by atoms with Crippen LogP contribution in [0.4, 0.5) is 0 Å². The summed E-state index contributed by atoms with van der Waals surface area (Å²) in [5.41, 5.74) is 1.93. The van der Waals surface area contributed by atoms with Crippen LogP contribution < -0.4 is 0 Å². The van der Waals surface area contributed by atoms with E-state index in [9.17, 15) is 0 Å². The molecule has 0 aliphatic carbocycles. The molecule has 0 unspecified atom stereocenters. The lowest BCUT2D eigenvalue weighted by molar-refractivity contribution is 0.267. The summed E-state index contributed by atoms with van der Waals surface area (Å²) in [7, 11) is 0.866. The largest absolute Gasteiger partial charge is 0.428 e. The highest BCUT2D eigenvalue weighted by molar-refractivity contribution is 5.97. The van der Waals surface area contributed by atoms with E-state index in [4.69, 9.17) is 4.43 Å². The van der Waals surface area contributed by atoms with Gasteiger partial charge in [-0.15, -0.1) is 0 Å². The zero-order valence-corrected chi connectivity index (χ0v) is 15.7. The van der Waals surface area contributed by atoms with Crippen molar-refractivity contribution in [2.24, 2.45) is 0 Å². The first-order chi connectivity index (χ1) is 9.79. The molecule has 0 aromatic heterocycles. The molecule has 1 aromatic rings. The molecule has 0 radical (unpaired) electrons. The maximum atomic E-state index is 5.42. The Morgan fingerprint density at radius 3 is 1.95 bits per heavy atom. The van der Waals surface area contributed by atoms with Crippen LogP contribution >= 0.6 is 0 Å². The third-order valence-corrected chi connectivity index (χ3v) is 4.82. The molecular formula is C18H32OSi. The van der Waals surface area contributed by atoms with E-state index in [-0.39, 0.29) is 0 Å². The van der Waals surface area contributed by atoms with E-state index < -0.39 is 0 Å². The van der Waals surface area contributed by atoms with E-state index in [0.717, 1.165) is 17.1 Å². The third kappa shape index (κ3) is 5.41. The first kappa shape index (κ1) is 17.4. The van der Waals surface area contributed by atoms with Crippen molar-refractivity contribution in [3.8, 4) is 0 Å². The van der Waals surface area contributed by atoms with E-state index >= 15 is 0 Å². The van der Waals surface area contributed by atoms with Crippen molar-refractivity contribution in [3.63, 3.8) is 0 Å². The maximum absolute atomic E-state index is 5.42. The van der Waals surface area contributed by atoms with Crippen LogP contribution in [-0.2, 0) is 9.84 Å². The minimum atomic E-state index is 0.382. The number of hydrogen-bond acceptors (Lipinski definition) is 1. The molecule has 1 rings (SSSR count). The van der Waals surface area contributed by atoms with Gasteiger partial charge in [-0.05, 0) is 36.7 Å². The summed E-state index contributed by atoms with van der Waals surface area (Å²) in [5, 5.41) is 0. The average Bonchev–Trinajstić information content (AvgIpc) is 2.51. The average molecular weight is 293 g/mol. The zero-order chi connectivity index (χ0) is 14.7. The van der Waals surface area contributed by atoms with Crippen LogP contribution in [0.5, 0.6) is 0 Å². The number of hydrogen-bond donors (Lipinski definition) is 0. The highest BCUT2D eigenvalue weighted by Gasteiger charge is 2.30. The molecule has 0 N–H and O–H groups in total. The van der Waals surface area contributed by atoms with Gasteiger partial charge in [0.25, 0.3) is 0 Å². The molecule has 0 bridgehead atoms. The highest BCUT2D eigenvalue weighted by Crippen LogP contribution is 2.39. The van der Waals surface area contributed by atoms with Crippen molar-refractivity contribution in [2.45, 2.75) is 70.6 Å². The summed E-state index contributed by atoms with van der Waals surface area (Å²) in [6.45, 7) is 5.55. The van der Waals surface area contributed by atoms with Crippen LogP contribution in [0.2, 0.25) is 0 Å². The van der Waals surface area contributed by atoms with Crippen LogP contribution in [0, 0.1) is 0 Å². The predicted octanol–water partition coefficient (Wildman–Crippen LogP) is 4.38. The van der Waals surface area contributed by atoms with Gasteiger partial charge in [-0.1, -0.05) is 69.9 Å². The van der Waals surface area contributed by atoms with Crippen LogP contribution in [0.3, 0.4) is 0 Å². The summed E-state index contributed by atoms with van der Waals surface area (Å²) >= 11 is 0. The lowest BCUT2D eigenvalue weighted by Crippen LogP contribution is -2.27. The van der Waals surface area contributed by atoms with Crippen LogP contribution in [-0.4, -0.2) is 17.1 Å². The van der Waals surface area contributed by atoms with Gasteiger partial charge in [0.15, 0.2) is 0 Å². The van der Waals surface area contributed by atoms with E-state index in [1.807, 2.05) is 0 Å². The van der Waals surface area contributed by atoms with Gasteiger partial charge in [0.2, 0.25) is 0 Å². The van der Waals surface area contributed by atoms with Crippen LogP contribution in [0.1, 0.15) is 70.8 Å². The second-order valence-electron chi connectivity index (χ2n) is 5.95. The quantitative estimate of drug-likeness (QED) is 0.434. The van der Waals surface area contributed by atoms with E-state index in [1.54, 1.807) is 5.56 Å². The van der Waals surface area contributed by atoms with Gasteiger partial charge in [-0.2, -0.15) is 0 Å². The van der Waals surface area contributed by atoms with Crippen molar-refractivity contribution in [1.82, 2.24) is 0 Å². The molecule has 1 nitrogen and oxygen atoms in total. The van der Waals surface area contributed by atoms with Crippen molar-refractivity contribution in [3.05, 3.63) is 35.9 Å². The van der Waals surface area contributed by atoms with Crippen molar-refractivity contribution in [2.75, 3.05) is 6.61 Å². The molecule has 0 spiro atoms. The molecule has 0 aliphatic heterocycles. The monoisotopic (exact) mass is 292 g/mol. The summed E-state index contributed by atoms with van der Waals surface area (Å²) in [6, 6.07) is 11.2. The van der Waals surface area contributed by atoms with E-state index in [0.29, 0.717) is 5.41 Å². The Morgan fingerprint density at radius 1 is 0.900 bits per heavy atom. The molecular weight excluding hydrogens is 260 g/mol. The Labute approximate surface area is 128 Å². The SMILES string of the molecule is CCCCC(CCCC)(CCCO[SiH3])c1ccccc1. The Hall–Kier alpha value is -0.603. The highest BCUT2D eigenvalue weighted by atomic mass is 28.2. The molecule has 0 saturated heterocycles. The maximum Gasteiger partial charge on any atom is 0.145 e. The standard InChI is InChI=1S/C18H32OSi/c1-3-5-13-18(14-6-4-2,15-10-16-19-20)17-11-8-7-9-12-17/h7-9,11-12H,3-6,10,13-16H2,1-2,20H3. The molecule has 20 heavy (non-hydrogen) atoms. The van der Waals surface area contributed by atoms with E-state index in [2.05, 4.69) is 44.2 Å². The molecule has 0 fully saturated rings. The van der Waals surface area contributed by atoms with Gasteiger partial charge < -0.3 is 4.43 Å². The molecule has 1 aromatic carbocycles. The molecule has 0 aliphatic rings. The normalized spacial score (nSPS) is 11.9. The second kappa shape index (κ2) is 10.2. The predicted molar refractivity (Wildman–Crippen MR) is 92.3 cm³/mol. The molecule has 2 heteroatoms. The third-order valence-electron chi connectivity index (χ3n) is 4.41.